The van der Waals surface area contributed by atoms with Gasteiger partial charge in [0.25, 0.3) is 0 Å². The van der Waals surface area contributed by atoms with Crippen LogP contribution in [0.25, 0.3) is 44.2 Å². The first-order valence-electron chi connectivity index (χ1n) is 11.1. The molecule has 4 aromatic carbocycles. The van der Waals surface area contributed by atoms with Gasteiger partial charge in [0, 0.05) is 32.3 Å². The van der Waals surface area contributed by atoms with Crippen LogP contribution in [0.4, 0.5) is 11.4 Å². The third kappa shape index (κ3) is 5.95. The third-order valence-corrected chi connectivity index (χ3v) is 5.39. The Morgan fingerprint density at radius 1 is 0.556 bits per heavy atom. The van der Waals surface area contributed by atoms with Gasteiger partial charge in [-0.2, -0.15) is 0 Å². The summed E-state index contributed by atoms with van der Waals surface area (Å²) in [6.45, 7) is 0. The summed E-state index contributed by atoms with van der Waals surface area (Å²) in [5.74, 6) is -0.184. The Morgan fingerprint density at radius 2 is 0.917 bits per heavy atom. The summed E-state index contributed by atoms with van der Waals surface area (Å²) < 4.78 is 0. The van der Waals surface area contributed by atoms with Gasteiger partial charge in [-0.05, 0) is 45.5 Å². The van der Waals surface area contributed by atoms with E-state index in [1.54, 1.807) is 48.5 Å². The topological polar surface area (TPSA) is 115 Å². The van der Waals surface area contributed by atoms with E-state index in [-0.39, 0.29) is 5.78 Å². The summed E-state index contributed by atoms with van der Waals surface area (Å²) in [5.41, 5.74) is 22.5. The lowest BCUT2D eigenvalue weighted by molar-refractivity contribution is -0.108. The highest BCUT2D eigenvalue weighted by atomic mass is 16.1. The number of hydrogen-bond acceptors (Lipinski definition) is 3. The molecule has 0 radical (unpaired) electrons. The Morgan fingerprint density at radius 3 is 1.25 bits per heavy atom. The molecule has 172 valence electrons. The molecule has 0 aliphatic carbocycles. The molecule has 0 saturated heterocycles. The highest BCUT2D eigenvalue weighted by Crippen LogP contribution is 2.31. The van der Waals surface area contributed by atoms with E-state index in [9.17, 15) is 4.79 Å². The summed E-state index contributed by atoms with van der Waals surface area (Å²) in [6, 6.07) is 33.0. The number of carbonyl (C=O) groups excluding carboxylic acids is 1. The minimum Gasteiger partial charge on any atom is -0.289 e. The van der Waals surface area contributed by atoms with E-state index in [0.29, 0.717) is 33.6 Å². The van der Waals surface area contributed by atoms with Crippen molar-refractivity contribution in [1.82, 2.24) is 0 Å². The molecule has 4 rings (SSSR count). The van der Waals surface area contributed by atoms with Crippen molar-refractivity contribution >= 4 is 40.5 Å². The van der Waals surface area contributed by atoms with E-state index in [1.165, 1.54) is 0 Å². The molecule has 7 nitrogen and oxygen atoms in total. The van der Waals surface area contributed by atoms with Gasteiger partial charge in [-0.25, -0.2) is 0 Å². The SMILES string of the molecule is [N-]=[N+]=Nc1ccc(C(=Cc2ccccc2)C(=O)C(=Cc2ccccc2)c2ccc(N=[N+]=[N-])cc2)cc1. The van der Waals surface area contributed by atoms with Crippen molar-refractivity contribution in [2.45, 2.75) is 0 Å². The molecule has 4 aromatic rings. The van der Waals surface area contributed by atoms with Gasteiger partial charge in [-0.15, -0.1) is 0 Å². The fraction of sp³-hybridized carbons (Fsp3) is 0. The van der Waals surface area contributed by atoms with Crippen molar-refractivity contribution in [2.75, 3.05) is 0 Å². The first kappa shape index (κ1) is 23.8. The molecule has 0 aromatic heterocycles. The van der Waals surface area contributed by atoms with Gasteiger partial charge < -0.3 is 0 Å². The molecule has 0 amide bonds. The molecule has 0 atom stereocenters. The molecule has 7 heteroatoms. The van der Waals surface area contributed by atoms with E-state index >= 15 is 0 Å². The maximum Gasteiger partial charge on any atom is 0.194 e. The lowest BCUT2D eigenvalue weighted by atomic mass is 9.90. The lowest BCUT2D eigenvalue weighted by Crippen LogP contribution is -2.05. The Kier molecular flexibility index (Phi) is 7.72. The van der Waals surface area contributed by atoms with Crippen LogP contribution in [0.5, 0.6) is 0 Å². The second-order valence-corrected chi connectivity index (χ2v) is 7.74. The lowest BCUT2D eigenvalue weighted by Gasteiger charge is -2.13. The molecule has 0 aliphatic heterocycles. The largest absolute Gasteiger partial charge is 0.289 e. The number of rotatable bonds is 8. The number of azide groups is 2. The van der Waals surface area contributed by atoms with Gasteiger partial charge in [0.1, 0.15) is 0 Å². The molecule has 0 heterocycles. The summed E-state index contributed by atoms with van der Waals surface area (Å²) in [7, 11) is 0. The van der Waals surface area contributed by atoms with Crippen LogP contribution in [0.3, 0.4) is 0 Å². The van der Waals surface area contributed by atoms with Crippen LogP contribution in [0.1, 0.15) is 22.3 Å². The van der Waals surface area contributed by atoms with Crippen LogP contribution in [0.2, 0.25) is 0 Å². The fourth-order valence-corrected chi connectivity index (χ4v) is 3.66. The monoisotopic (exact) mass is 468 g/mol. The second kappa shape index (κ2) is 11.7. The number of carbonyl (C=O) groups is 1. The maximum atomic E-state index is 14.2. The zero-order valence-corrected chi connectivity index (χ0v) is 19.1. The number of hydrogen-bond donors (Lipinski definition) is 0. The smallest absolute Gasteiger partial charge is 0.194 e. The van der Waals surface area contributed by atoms with Crippen molar-refractivity contribution < 1.29 is 4.79 Å². The highest BCUT2D eigenvalue weighted by molar-refractivity contribution is 6.46. The molecule has 0 aliphatic rings. The number of benzene rings is 4. The van der Waals surface area contributed by atoms with Crippen molar-refractivity contribution in [2.24, 2.45) is 10.2 Å². The quantitative estimate of drug-likeness (QED) is 0.0829. The molecule has 0 spiro atoms. The summed E-state index contributed by atoms with van der Waals surface area (Å²) >= 11 is 0. The maximum absolute atomic E-state index is 14.2. The molecular formula is C29H20N6O. The number of ketones is 1. The Hall–Kier alpha value is -5.35. The predicted molar refractivity (Wildman–Crippen MR) is 144 cm³/mol. The van der Waals surface area contributed by atoms with Gasteiger partial charge in [0.2, 0.25) is 0 Å². The van der Waals surface area contributed by atoms with Crippen LogP contribution in [-0.2, 0) is 4.79 Å². The van der Waals surface area contributed by atoms with Crippen molar-refractivity contribution in [3.05, 3.63) is 152 Å². The molecule has 0 unspecified atom stereocenters. The van der Waals surface area contributed by atoms with E-state index in [2.05, 4.69) is 20.1 Å². The van der Waals surface area contributed by atoms with Gasteiger partial charge in [-0.3, -0.25) is 4.79 Å². The van der Waals surface area contributed by atoms with Gasteiger partial charge >= 0.3 is 0 Å². The normalized spacial score (nSPS) is 11.2. The van der Waals surface area contributed by atoms with E-state index in [4.69, 9.17) is 11.1 Å². The third-order valence-electron chi connectivity index (χ3n) is 5.39. The van der Waals surface area contributed by atoms with Crippen LogP contribution < -0.4 is 0 Å². The first-order chi connectivity index (χ1) is 17.7. The Labute approximate surface area is 207 Å². The zero-order chi connectivity index (χ0) is 25.2. The second-order valence-electron chi connectivity index (χ2n) is 7.74. The molecule has 0 N–H and O–H groups in total. The predicted octanol–water partition coefficient (Wildman–Crippen LogP) is 8.92. The fourth-order valence-electron chi connectivity index (χ4n) is 3.66. The van der Waals surface area contributed by atoms with E-state index < -0.39 is 0 Å². The van der Waals surface area contributed by atoms with Gasteiger partial charge in [0.15, 0.2) is 5.78 Å². The summed E-state index contributed by atoms with van der Waals surface area (Å²) in [5, 5.41) is 7.26. The van der Waals surface area contributed by atoms with Gasteiger partial charge in [0.05, 0.1) is 0 Å². The van der Waals surface area contributed by atoms with E-state index in [1.807, 2.05) is 72.8 Å². The number of Topliss-reactive ketones (excluding diaryl/α,β-unsaturated/α-hetero) is 1. The summed E-state index contributed by atoms with van der Waals surface area (Å²) in [4.78, 5) is 19.8. The molecule has 0 fully saturated rings. The zero-order valence-electron chi connectivity index (χ0n) is 19.1. The highest BCUT2D eigenvalue weighted by Gasteiger charge is 2.19. The van der Waals surface area contributed by atoms with Crippen molar-refractivity contribution in [3.8, 4) is 0 Å². The Balaban J connectivity index is 1.87. The van der Waals surface area contributed by atoms with E-state index in [0.717, 1.165) is 11.1 Å². The molecule has 0 saturated carbocycles. The van der Waals surface area contributed by atoms with Crippen molar-refractivity contribution in [3.63, 3.8) is 0 Å². The number of allylic oxidation sites excluding steroid dienone is 2. The van der Waals surface area contributed by atoms with Crippen LogP contribution in [0.15, 0.2) is 119 Å². The van der Waals surface area contributed by atoms with Crippen molar-refractivity contribution in [1.29, 1.82) is 0 Å². The van der Waals surface area contributed by atoms with Crippen LogP contribution in [0, 0.1) is 0 Å². The Bertz CT molecular complexity index is 1390. The molecule has 0 bridgehead atoms. The minimum atomic E-state index is -0.184. The molecular weight excluding hydrogens is 448 g/mol. The summed E-state index contributed by atoms with van der Waals surface area (Å²) in [6.07, 6.45) is 3.69. The van der Waals surface area contributed by atoms with Crippen LogP contribution >= 0.6 is 0 Å². The first-order valence-corrected chi connectivity index (χ1v) is 11.1. The molecule has 36 heavy (non-hydrogen) atoms. The number of nitrogens with zero attached hydrogens (tertiary/aromatic N) is 6. The van der Waals surface area contributed by atoms with Gasteiger partial charge in [-0.1, -0.05) is 119 Å². The van der Waals surface area contributed by atoms with Crippen LogP contribution in [-0.4, -0.2) is 5.78 Å². The average molecular weight is 469 g/mol. The standard InChI is InChI=1S/C29H20N6O/c30-34-32-25-15-11-23(12-16-25)27(19-21-7-3-1-4-8-21)29(36)28(20-22-9-5-2-6-10-22)24-13-17-26(18-14-24)33-35-31/h1-20H. The minimum absolute atomic E-state index is 0.184. The average Bonchev–Trinajstić information content (AvgIpc) is 2.93.